The number of aromatic nitrogens is 3. The number of rotatable bonds is 1. The van der Waals surface area contributed by atoms with Crippen LogP contribution in [0.1, 0.15) is 23.3 Å². The normalized spacial score (nSPS) is 11.2. The molecule has 4 heteroatoms. The molecule has 0 saturated heterocycles. The lowest BCUT2D eigenvalue weighted by molar-refractivity contribution is 0.966. The molecule has 2 aromatic heterocycles. The summed E-state index contributed by atoms with van der Waals surface area (Å²) >= 11 is 1.73. The van der Waals surface area contributed by atoms with Crippen molar-refractivity contribution in [1.82, 2.24) is 14.6 Å². The zero-order valence-electron chi connectivity index (χ0n) is 7.46. The molecule has 0 radical (unpaired) electrons. The monoisotopic (exact) mass is 181 g/mol. The zero-order valence-corrected chi connectivity index (χ0v) is 8.27. The molecule has 0 saturated carbocycles. The third-order valence-corrected chi connectivity index (χ3v) is 3.35. The van der Waals surface area contributed by atoms with Crippen LogP contribution in [0.4, 0.5) is 0 Å². The van der Waals surface area contributed by atoms with Crippen LogP contribution in [0.25, 0.3) is 4.96 Å². The lowest BCUT2D eigenvalue weighted by Crippen LogP contribution is -1.90. The Morgan fingerprint density at radius 3 is 2.67 bits per heavy atom. The fourth-order valence-corrected chi connectivity index (χ4v) is 2.48. The third-order valence-electron chi connectivity index (χ3n) is 2.07. The molecule has 2 heterocycles. The molecule has 0 unspecified atom stereocenters. The van der Waals surface area contributed by atoms with Crippen LogP contribution in [0.5, 0.6) is 0 Å². The van der Waals surface area contributed by atoms with Gasteiger partial charge in [-0.25, -0.2) is 0 Å². The fourth-order valence-electron chi connectivity index (χ4n) is 1.43. The maximum absolute atomic E-state index is 4.08. The molecule has 0 bridgehead atoms. The Morgan fingerprint density at radius 1 is 1.33 bits per heavy atom. The van der Waals surface area contributed by atoms with Gasteiger partial charge in [0.1, 0.15) is 5.82 Å². The van der Waals surface area contributed by atoms with E-state index in [0.29, 0.717) is 0 Å². The van der Waals surface area contributed by atoms with Crippen molar-refractivity contribution < 1.29 is 0 Å². The van der Waals surface area contributed by atoms with Gasteiger partial charge in [0, 0.05) is 10.6 Å². The molecule has 0 aliphatic carbocycles. The molecule has 2 aromatic rings. The maximum atomic E-state index is 4.08. The van der Waals surface area contributed by atoms with Crippen molar-refractivity contribution in [2.24, 2.45) is 0 Å². The molecular weight excluding hydrogens is 170 g/mol. The first-order chi connectivity index (χ1) is 5.74. The van der Waals surface area contributed by atoms with Gasteiger partial charge in [0.05, 0.1) is 0 Å². The van der Waals surface area contributed by atoms with Crippen LogP contribution in [0.3, 0.4) is 0 Å². The first kappa shape index (κ1) is 7.73. The summed E-state index contributed by atoms with van der Waals surface area (Å²) in [6.45, 7) is 6.28. The lowest BCUT2D eigenvalue weighted by atomic mass is 10.3. The van der Waals surface area contributed by atoms with E-state index < -0.39 is 0 Å². The first-order valence-corrected chi connectivity index (χ1v) is 4.85. The topological polar surface area (TPSA) is 30.2 Å². The third kappa shape index (κ3) is 0.876. The number of nitrogens with zero attached hydrogens (tertiary/aromatic N) is 3. The highest BCUT2D eigenvalue weighted by atomic mass is 32.1. The van der Waals surface area contributed by atoms with Crippen molar-refractivity contribution in [3.8, 4) is 0 Å². The summed E-state index contributed by atoms with van der Waals surface area (Å²) < 4.78 is 2.11. The lowest BCUT2D eigenvalue weighted by Gasteiger charge is -1.93. The SMILES string of the molecule is CCc1sc2nnc(C)n2c1C. The number of aryl methyl sites for hydroxylation is 3. The second-order valence-corrected chi connectivity index (χ2v) is 3.89. The molecule has 0 atom stereocenters. The van der Waals surface area contributed by atoms with Crippen molar-refractivity contribution in [3.63, 3.8) is 0 Å². The molecule has 0 aromatic carbocycles. The Balaban J connectivity index is 2.80. The van der Waals surface area contributed by atoms with Gasteiger partial charge in [0.25, 0.3) is 0 Å². The average Bonchev–Trinajstić information content (AvgIpc) is 2.55. The van der Waals surface area contributed by atoms with Gasteiger partial charge in [0.2, 0.25) is 4.96 Å². The first-order valence-electron chi connectivity index (χ1n) is 4.04. The molecule has 0 aliphatic rings. The molecule has 0 fully saturated rings. The van der Waals surface area contributed by atoms with Crippen molar-refractivity contribution in [2.75, 3.05) is 0 Å². The molecule has 0 spiro atoms. The predicted molar refractivity (Wildman–Crippen MR) is 49.7 cm³/mol. The molecule has 2 rings (SSSR count). The fraction of sp³-hybridized carbons (Fsp3) is 0.500. The number of hydrogen-bond acceptors (Lipinski definition) is 3. The van der Waals surface area contributed by atoms with E-state index in [1.165, 1.54) is 10.6 Å². The quantitative estimate of drug-likeness (QED) is 0.673. The van der Waals surface area contributed by atoms with Crippen LogP contribution in [-0.4, -0.2) is 14.6 Å². The van der Waals surface area contributed by atoms with E-state index in [4.69, 9.17) is 0 Å². The second-order valence-electron chi connectivity index (χ2n) is 2.83. The van der Waals surface area contributed by atoms with Gasteiger partial charge < -0.3 is 0 Å². The average molecular weight is 181 g/mol. The van der Waals surface area contributed by atoms with Gasteiger partial charge in [-0.3, -0.25) is 4.40 Å². The Bertz CT molecular complexity index is 413. The second kappa shape index (κ2) is 2.55. The highest BCUT2D eigenvalue weighted by Gasteiger charge is 2.10. The van der Waals surface area contributed by atoms with Gasteiger partial charge in [0.15, 0.2) is 0 Å². The van der Waals surface area contributed by atoms with Gasteiger partial charge in [-0.2, -0.15) is 0 Å². The van der Waals surface area contributed by atoms with E-state index in [0.717, 1.165) is 17.2 Å². The molecule has 12 heavy (non-hydrogen) atoms. The van der Waals surface area contributed by atoms with Gasteiger partial charge in [-0.1, -0.05) is 18.3 Å². The summed E-state index contributed by atoms with van der Waals surface area (Å²) in [6.07, 6.45) is 1.08. The zero-order chi connectivity index (χ0) is 8.72. The van der Waals surface area contributed by atoms with E-state index in [1.54, 1.807) is 11.3 Å². The van der Waals surface area contributed by atoms with Crippen LogP contribution in [0.15, 0.2) is 0 Å². The van der Waals surface area contributed by atoms with E-state index in [9.17, 15) is 0 Å². The summed E-state index contributed by atoms with van der Waals surface area (Å²) in [5.41, 5.74) is 1.29. The molecule has 0 N–H and O–H groups in total. The van der Waals surface area contributed by atoms with Crippen LogP contribution in [0, 0.1) is 13.8 Å². The number of hydrogen-bond donors (Lipinski definition) is 0. The summed E-state index contributed by atoms with van der Waals surface area (Å²) in [5, 5.41) is 8.09. The molecule has 3 nitrogen and oxygen atoms in total. The molecule has 0 amide bonds. The van der Waals surface area contributed by atoms with Crippen LogP contribution in [-0.2, 0) is 6.42 Å². The van der Waals surface area contributed by atoms with Gasteiger partial charge in [-0.15, -0.1) is 10.2 Å². The smallest absolute Gasteiger partial charge is 0.216 e. The summed E-state index contributed by atoms with van der Waals surface area (Å²) in [7, 11) is 0. The summed E-state index contributed by atoms with van der Waals surface area (Å²) in [5.74, 6) is 0.985. The summed E-state index contributed by atoms with van der Waals surface area (Å²) in [4.78, 5) is 2.42. The number of thiazole rings is 1. The highest BCUT2D eigenvalue weighted by molar-refractivity contribution is 7.17. The van der Waals surface area contributed by atoms with E-state index >= 15 is 0 Å². The minimum absolute atomic E-state index is 0.985. The molecule has 64 valence electrons. The minimum atomic E-state index is 0.985. The molecular formula is C8H11N3S. The van der Waals surface area contributed by atoms with Crippen molar-refractivity contribution in [3.05, 3.63) is 16.4 Å². The largest absolute Gasteiger partial charge is 0.274 e. The van der Waals surface area contributed by atoms with E-state index in [2.05, 4.69) is 28.4 Å². The van der Waals surface area contributed by atoms with Gasteiger partial charge in [-0.05, 0) is 20.3 Å². The minimum Gasteiger partial charge on any atom is -0.274 e. The Labute approximate surface area is 75.1 Å². The van der Waals surface area contributed by atoms with Crippen LogP contribution in [0.2, 0.25) is 0 Å². The van der Waals surface area contributed by atoms with Crippen LogP contribution >= 0.6 is 11.3 Å². The summed E-state index contributed by atoms with van der Waals surface area (Å²) in [6, 6.07) is 0. The highest BCUT2D eigenvalue weighted by Crippen LogP contribution is 2.22. The van der Waals surface area contributed by atoms with Crippen LogP contribution < -0.4 is 0 Å². The van der Waals surface area contributed by atoms with Crippen molar-refractivity contribution in [1.29, 1.82) is 0 Å². The maximum Gasteiger partial charge on any atom is 0.216 e. The van der Waals surface area contributed by atoms with E-state index in [1.807, 2.05) is 6.92 Å². The van der Waals surface area contributed by atoms with E-state index in [-0.39, 0.29) is 0 Å². The van der Waals surface area contributed by atoms with Crippen molar-refractivity contribution >= 4 is 16.3 Å². The Morgan fingerprint density at radius 2 is 2.08 bits per heavy atom. The molecule has 0 aliphatic heterocycles. The Kier molecular flexibility index (Phi) is 1.65. The Hall–Kier alpha value is -0.900. The van der Waals surface area contributed by atoms with Gasteiger partial charge >= 0.3 is 0 Å². The standard InChI is InChI=1S/C8H11N3S/c1-4-7-5(2)11-6(3)9-10-8(11)12-7/h4H2,1-3H3. The predicted octanol–water partition coefficient (Wildman–Crippen LogP) is 1.97. The van der Waals surface area contributed by atoms with Crippen molar-refractivity contribution in [2.45, 2.75) is 27.2 Å². The number of fused-ring (bicyclic) bond motifs is 1.